The first kappa shape index (κ1) is 38.3. The Bertz CT molecular complexity index is 3020. The predicted octanol–water partition coefficient (Wildman–Crippen LogP) is 8.22. The number of phenols is 1. The Morgan fingerprint density at radius 1 is 0.869 bits per heavy atom. The molecule has 4 aromatic carbocycles. The van der Waals surface area contributed by atoms with Crippen molar-refractivity contribution in [2.45, 2.75) is 44.4 Å². The molecule has 0 radical (unpaired) electrons. The number of aryl methyl sites for hydroxylation is 1. The Hall–Kier alpha value is -6.95. The van der Waals surface area contributed by atoms with Gasteiger partial charge in [0.05, 0.1) is 29.0 Å². The summed E-state index contributed by atoms with van der Waals surface area (Å²) < 4.78 is 47.6. The third-order valence-corrected chi connectivity index (χ3v) is 12.8. The van der Waals surface area contributed by atoms with E-state index in [0.29, 0.717) is 25.3 Å². The summed E-state index contributed by atoms with van der Waals surface area (Å²) in [6.45, 7) is 11.2. The lowest BCUT2D eigenvalue weighted by Gasteiger charge is -2.40. The normalized spacial score (nSPS) is 18.4. The highest BCUT2D eigenvalue weighted by molar-refractivity contribution is 6.01. The van der Waals surface area contributed by atoms with Crippen LogP contribution in [-0.4, -0.2) is 62.0 Å². The molecule has 0 bridgehead atoms. The van der Waals surface area contributed by atoms with Gasteiger partial charge >= 0.3 is 6.18 Å². The maximum Gasteiger partial charge on any atom is 0.418 e. The summed E-state index contributed by atoms with van der Waals surface area (Å²) in [6, 6.07) is 21.9. The third kappa shape index (κ3) is 6.48. The van der Waals surface area contributed by atoms with Crippen molar-refractivity contribution in [3.05, 3.63) is 143 Å². The molecule has 1 unspecified atom stereocenters. The number of benzene rings is 4. The smallest absolute Gasteiger partial charge is 0.418 e. The molecule has 5 heterocycles. The number of likely N-dealkylation sites (tertiary alicyclic amines) is 2. The molecular weight excluding hydrogens is 778 g/mol. The number of phenolic OH excluding ortho intramolecular Hbond substituents is 1. The van der Waals surface area contributed by atoms with Crippen LogP contribution >= 0.6 is 0 Å². The number of carbonyl (C=O) groups excluding carboxylic acids is 2. The molecule has 2 saturated heterocycles. The number of anilines is 2. The number of nitrogens with zero attached hydrogens (tertiary/aromatic N) is 5. The minimum Gasteiger partial charge on any atom is -0.508 e. The number of aromatic hydroxyl groups is 1. The highest BCUT2D eigenvalue weighted by atomic mass is 19.4. The Labute approximate surface area is 349 Å². The summed E-state index contributed by atoms with van der Waals surface area (Å²) in [7, 11) is 0. The molecule has 0 spiro atoms. The van der Waals surface area contributed by atoms with E-state index in [2.05, 4.69) is 53.6 Å². The first-order valence-corrected chi connectivity index (χ1v) is 20.5. The molecule has 3 aliphatic heterocycles. The van der Waals surface area contributed by atoms with Gasteiger partial charge in [-0.15, -0.1) is 0 Å². The van der Waals surface area contributed by atoms with Crippen molar-refractivity contribution in [3.8, 4) is 16.9 Å². The quantitative estimate of drug-likeness (QED) is 0.166. The highest BCUT2D eigenvalue weighted by Gasteiger charge is 2.40. The molecule has 2 N–H and O–H groups in total. The van der Waals surface area contributed by atoms with Gasteiger partial charge in [-0.25, -0.2) is 0 Å². The summed E-state index contributed by atoms with van der Waals surface area (Å²) >= 11 is 0. The second kappa shape index (κ2) is 14.4. The van der Waals surface area contributed by atoms with Crippen LogP contribution in [0.3, 0.4) is 0 Å². The van der Waals surface area contributed by atoms with Gasteiger partial charge in [0.25, 0.3) is 0 Å². The lowest BCUT2D eigenvalue weighted by molar-refractivity contribution is -0.138. The molecule has 4 aliphatic rings. The molecule has 2 aromatic heterocycles. The van der Waals surface area contributed by atoms with E-state index in [0.717, 1.165) is 85.1 Å². The van der Waals surface area contributed by atoms with Gasteiger partial charge in [0.1, 0.15) is 5.75 Å². The average molecular weight is 821 g/mol. The van der Waals surface area contributed by atoms with Crippen molar-refractivity contribution in [3.63, 3.8) is 0 Å². The summed E-state index contributed by atoms with van der Waals surface area (Å²) in [6.07, 6.45) is 9.01. The number of amides is 2. The number of rotatable bonds is 6. The van der Waals surface area contributed by atoms with Crippen LogP contribution in [-0.2, 0) is 22.2 Å². The zero-order valence-electron chi connectivity index (χ0n) is 33.5. The van der Waals surface area contributed by atoms with Crippen LogP contribution in [0.15, 0.2) is 111 Å². The fourth-order valence-corrected chi connectivity index (χ4v) is 9.73. The minimum absolute atomic E-state index is 0.0517. The number of hydrazine groups is 1. The van der Waals surface area contributed by atoms with Crippen molar-refractivity contribution in [2.24, 2.45) is 0 Å². The van der Waals surface area contributed by atoms with Gasteiger partial charge < -0.3 is 24.0 Å². The van der Waals surface area contributed by atoms with Crippen molar-refractivity contribution >= 4 is 62.7 Å². The number of alkyl halides is 3. The van der Waals surface area contributed by atoms with E-state index >= 15 is 0 Å². The molecule has 61 heavy (non-hydrogen) atoms. The lowest BCUT2D eigenvalue weighted by atomic mass is 9.92. The maximum atomic E-state index is 14.6. The standard InChI is InChI=1S/C49H43F3N6O3/c1-4-46(60)54-17-6-7-35(24-54)56-18-16-30-9-10-31(22-45(30)56)39-23-37(59)20-33-19-34(12-13-38(33)39)58-27-41-43(53-58)14-8-29(3)48(41)32-11-15-44-40(21-32)42(49(50,51)52)28-57(44)36-25-55(26-36)47(61)5-2/h4-5,8-16,18-20,22-23,27-28,35-36,53,59H,1-2,6-7,17,21,24-26H2,3H3. The fraction of sp³-hybridized carbons (Fsp3) is 0.224. The first-order chi connectivity index (χ1) is 29.4. The molecule has 2 amide bonds. The summed E-state index contributed by atoms with van der Waals surface area (Å²) in [5, 5.41) is 17.6. The number of hydrogen-bond donors (Lipinski definition) is 2. The van der Waals surface area contributed by atoms with E-state index in [1.54, 1.807) is 27.7 Å². The van der Waals surface area contributed by atoms with Gasteiger partial charge in [-0.2, -0.15) is 13.2 Å². The van der Waals surface area contributed by atoms with Crippen molar-refractivity contribution < 1.29 is 27.9 Å². The van der Waals surface area contributed by atoms with Crippen LogP contribution in [0.4, 0.5) is 24.5 Å². The molecule has 2 fully saturated rings. The van der Waals surface area contributed by atoms with Crippen LogP contribution in [0, 0.1) is 6.92 Å². The largest absolute Gasteiger partial charge is 0.508 e. The summed E-state index contributed by atoms with van der Waals surface area (Å²) in [4.78, 5) is 28.0. The Morgan fingerprint density at radius 2 is 1.66 bits per heavy atom. The number of carbonyl (C=O) groups is 2. The number of aromatic nitrogens is 2. The highest BCUT2D eigenvalue weighted by Crippen LogP contribution is 2.41. The van der Waals surface area contributed by atoms with Crippen molar-refractivity contribution in [2.75, 3.05) is 36.6 Å². The van der Waals surface area contributed by atoms with E-state index in [1.165, 1.54) is 18.3 Å². The molecule has 1 aliphatic carbocycles. The average Bonchev–Trinajstić information content (AvgIpc) is 3.97. The molecule has 0 saturated carbocycles. The van der Waals surface area contributed by atoms with E-state index in [1.807, 2.05) is 59.4 Å². The Kier molecular flexibility index (Phi) is 9.01. The molecule has 10 rings (SSSR count). The van der Waals surface area contributed by atoms with E-state index in [-0.39, 0.29) is 41.6 Å². The van der Waals surface area contributed by atoms with Crippen molar-refractivity contribution in [1.82, 2.24) is 18.9 Å². The second-order valence-corrected chi connectivity index (χ2v) is 16.5. The van der Waals surface area contributed by atoms with Crippen LogP contribution in [0.5, 0.6) is 5.75 Å². The number of allylic oxidation sites excluding steroid dienone is 1. The number of halogens is 3. The van der Waals surface area contributed by atoms with Gasteiger partial charge in [0.15, 0.2) is 0 Å². The zero-order valence-corrected chi connectivity index (χ0v) is 33.5. The molecular formula is C49H43F3N6O3. The predicted molar refractivity (Wildman–Crippen MR) is 234 cm³/mol. The Morgan fingerprint density at radius 3 is 2.44 bits per heavy atom. The maximum absolute atomic E-state index is 14.6. The number of fused-ring (bicyclic) bond motifs is 4. The minimum atomic E-state index is -4.54. The second-order valence-electron chi connectivity index (χ2n) is 16.5. The van der Waals surface area contributed by atoms with Crippen LogP contribution in [0.2, 0.25) is 0 Å². The molecule has 9 nitrogen and oxygen atoms in total. The fourth-order valence-electron chi connectivity index (χ4n) is 9.73. The van der Waals surface area contributed by atoms with Gasteiger partial charge in [-0.3, -0.25) is 20.0 Å². The molecule has 308 valence electrons. The first-order valence-electron chi connectivity index (χ1n) is 20.5. The summed E-state index contributed by atoms with van der Waals surface area (Å²) in [5.74, 6) is -0.150. The van der Waals surface area contributed by atoms with E-state index in [4.69, 9.17) is 0 Å². The van der Waals surface area contributed by atoms with Gasteiger partial charge in [-0.1, -0.05) is 43.5 Å². The number of hydrogen-bond acceptors (Lipinski definition) is 5. The molecule has 6 aromatic rings. The van der Waals surface area contributed by atoms with Gasteiger partial charge in [-0.05, 0) is 130 Å². The summed E-state index contributed by atoms with van der Waals surface area (Å²) in [5.41, 5.74) is 9.84. The van der Waals surface area contributed by atoms with Crippen LogP contribution in [0.1, 0.15) is 47.3 Å². The number of piperidine rings is 1. The van der Waals surface area contributed by atoms with Gasteiger partial charge in [0, 0.05) is 67.6 Å². The van der Waals surface area contributed by atoms with Gasteiger partial charge in [0.2, 0.25) is 11.8 Å². The van der Waals surface area contributed by atoms with Crippen molar-refractivity contribution in [1.29, 1.82) is 0 Å². The van der Waals surface area contributed by atoms with Crippen LogP contribution < -0.4 is 20.9 Å². The monoisotopic (exact) mass is 820 g/mol. The zero-order chi connectivity index (χ0) is 42.3. The molecule has 1 atom stereocenters. The van der Waals surface area contributed by atoms with E-state index in [9.17, 15) is 27.9 Å². The topological polar surface area (TPSA) is 86.0 Å². The Balaban J connectivity index is 0.987. The molecule has 12 heteroatoms. The number of nitrogens with one attached hydrogen (secondary N) is 1. The lowest BCUT2D eigenvalue weighted by Crippen LogP contribution is -2.50. The SMILES string of the molecule is C=CC(=O)N1CC(n2cc(C(F)(F)F)c3c2C=CC(=c2c(C)ccc4c2=CN(c2ccc5c(-c6ccc7ccn(C8CCCN(C(=O)C=C)C8)c7c6)cc(O)cc5c2)N4)C3)C1. The van der Waals surface area contributed by atoms with Crippen LogP contribution in [0.25, 0.3) is 50.7 Å². The third-order valence-electron chi connectivity index (χ3n) is 12.8. The van der Waals surface area contributed by atoms with E-state index < -0.39 is 11.7 Å².